The number of pyridine rings is 1. The lowest BCUT2D eigenvalue weighted by atomic mass is 10.2. The number of rotatable bonds is 3. The molecule has 102 valence electrons. The molecule has 2 N–H and O–H groups in total. The summed E-state index contributed by atoms with van der Waals surface area (Å²) >= 11 is 0. The Balaban J connectivity index is 2.04. The molecule has 5 heteroatoms. The van der Waals surface area contributed by atoms with Gasteiger partial charge in [-0.2, -0.15) is 5.26 Å². The molecular weight excluding hydrogens is 238 g/mol. The molecule has 0 spiro atoms. The van der Waals surface area contributed by atoms with Gasteiger partial charge in [-0.25, -0.2) is 4.98 Å². The summed E-state index contributed by atoms with van der Waals surface area (Å²) in [5.74, 6) is 1.44. The summed E-state index contributed by atoms with van der Waals surface area (Å²) < 4.78 is 0. The second-order valence-corrected chi connectivity index (χ2v) is 5.39. The highest BCUT2D eigenvalue weighted by Gasteiger charge is 2.20. The van der Waals surface area contributed by atoms with Gasteiger partial charge < -0.3 is 10.6 Å². The van der Waals surface area contributed by atoms with E-state index in [0.29, 0.717) is 17.2 Å². The molecule has 1 aromatic rings. The Labute approximate surface area is 114 Å². The van der Waals surface area contributed by atoms with Crippen molar-refractivity contribution in [1.29, 1.82) is 5.26 Å². The number of anilines is 2. The molecule has 19 heavy (non-hydrogen) atoms. The summed E-state index contributed by atoms with van der Waals surface area (Å²) in [6, 6.07) is 3.77. The van der Waals surface area contributed by atoms with Crippen molar-refractivity contribution in [3.05, 3.63) is 17.8 Å². The minimum absolute atomic E-state index is 0.502. The zero-order chi connectivity index (χ0) is 13.8. The van der Waals surface area contributed by atoms with E-state index in [2.05, 4.69) is 34.7 Å². The van der Waals surface area contributed by atoms with Crippen LogP contribution in [0.4, 0.5) is 11.5 Å². The van der Waals surface area contributed by atoms with Gasteiger partial charge in [0.05, 0.1) is 11.3 Å². The lowest BCUT2D eigenvalue weighted by Crippen LogP contribution is -2.47. The third-order valence-electron chi connectivity index (χ3n) is 3.38. The quantitative estimate of drug-likeness (QED) is 0.886. The van der Waals surface area contributed by atoms with Gasteiger partial charge in [0.1, 0.15) is 6.07 Å². The third kappa shape index (κ3) is 3.15. The maximum atomic E-state index is 9.00. The molecule has 5 nitrogen and oxygen atoms in total. The molecule has 0 aromatic carbocycles. The molecule has 1 aliphatic heterocycles. The minimum atomic E-state index is 0.502. The summed E-state index contributed by atoms with van der Waals surface area (Å²) in [7, 11) is 0. The predicted octanol–water partition coefficient (Wildman–Crippen LogP) is 1.31. The van der Waals surface area contributed by atoms with E-state index < -0.39 is 0 Å². The van der Waals surface area contributed by atoms with E-state index >= 15 is 0 Å². The SMILES string of the molecule is CC(C)CN1CCN(c2nccc(C#N)c2N)CC1. The number of nitrogens with two attached hydrogens (primary N) is 1. The van der Waals surface area contributed by atoms with E-state index in [1.807, 2.05) is 0 Å². The summed E-state index contributed by atoms with van der Waals surface area (Å²) in [5.41, 5.74) is 7.01. The molecular formula is C14H21N5. The van der Waals surface area contributed by atoms with Crippen LogP contribution in [0, 0.1) is 17.2 Å². The number of nitrogen functional groups attached to an aromatic ring is 1. The maximum Gasteiger partial charge on any atom is 0.153 e. The predicted molar refractivity (Wildman–Crippen MR) is 76.9 cm³/mol. The van der Waals surface area contributed by atoms with E-state index in [1.165, 1.54) is 0 Å². The normalized spacial score (nSPS) is 16.6. The van der Waals surface area contributed by atoms with Crippen molar-refractivity contribution < 1.29 is 0 Å². The maximum absolute atomic E-state index is 9.00. The Morgan fingerprint density at radius 1 is 1.37 bits per heavy atom. The van der Waals surface area contributed by atoms with Crippen molar-refractivity contribution in [3.63, 3.8) is 0 Å². The molecule has 2 rings (SSSR count). The standard InChI is InChI=1S/C14H21N5/c1-11(2)10-18-5-7-19(8-6-18)14-13(16)12(9-15)3-4-17-14/h3-4,11H,5-8,10,16H2,1-2H3. The highest BCUT2D eigenvalue weighted by atomic mass is 15.3. The Kier molecular flexibility index (Phi) is 4.23. The summed E-state index contributed by atoms with van der Waals surface area (Å²) in [6.07, 6.45) is 1.66. The highest BCUT2D eigenvalue weighted by molar-refractivity contribution is 5.70. The van der Waals surface area contributed by atoms with Crippen LogP contribution in [0.1, 0.15) is 19.4 Å². The highest BCUT2D eigenvalue weighted by Crippen LogP contribution is 2.24. The zero-order valence-electron chi connectivity index (χ0n) is 11.6. The van der Waals surface area contributed by atoms with E-state index in [-0.39, 0.29) is 0 Å². The molecule has 1 aromatic heterocycles. The largest absolute Gasteiger partial charge is 0.395 e. The van der Waals surface area contributed by atoms with Gasteiger partial charge in [-0.15, -0.1) is 0 Å². The van der Waals surface area contributed by atoms with Gasteiger partial charge in [0.15, 0.2) is 5.82 Å². The molecule has 0 saturated carbocycles. The average molecular weight is 259 g/mol. The van der Waals surface area contributed by atoms with Gasteiger partial charge in [0, 0.05) is 38.9 Å². The number of aromatic nitrogens is 1. The van der Waals surface area contributed by atoms with Crippen LogP contribution < -0.4 is 10.6 Å². The van der Waals surface area contributed by atoms with Crippen LogP contribution in [0.2, 0.25) is 0 Å². The molecule has 0 radical (unpaired) electrons. The summed E-state index contributed by atoms with van der Waals surface area (Å²) in [4.78, 5) is 8.97. The Hall–Kier alpha value is -1.80. The second-order valence-electron chi connectivity index (χ2n) is 5.39. The molecule has 0 aliphatic carbocycles. The van der Waals surface area contributed by atoms with Crippen molar-refractivity contribution >= 4 is 11.5 Å². The van der Waals surface area contributed by atoms with Gasteiger partial charge >= 0.3 is 0 Å². The molecule has 1 fully saturated rings. The lowest BCUT2D eigenvalue weighted by Gasteiger charge is -2.36. The van der Waals surface area contributed by atoms with Gasteiger partial charge in [-0.05, 0) is 12.0 Å². The molecule has 0 bridgehead atoms. The van der Waals surface area contributed by atoms with Gasteiger partial charge in [-0.1, -0.05) is 13.8 Å². The third-order valence-corrected chi connectivity index (χ3v) is 3.38. The van der Waals surface area contributed by atoms with E-state index in [4.69, 9.17) is 11.0 Å². The summed E-state index contributed by atoms with van der Waals surface area (Å²) in [6.45, 7) is 9.49. The molecule has 1 saturated heterocycles. The fraction of sp³-hybridized carbons (Fsp3) is 0.571. The van der Waals surface area contributed by atoms with Crippen LogP contribution in [-0.2, 0) is 0 Å². The van der Waals surface area contributed by atoms with E-state index in [1.54, 1.807) is 12.3 Å². The van der Waals surface area contributed by atoms with Crippen LogP contribution in [0.25, 0.3) is 0 Å². The van der Waals surface area contributed by atoms with Crippen LogP contribution in [0.15, 0.2) is 12.3 Å². The van der Waals surface area contributed by atoms with Crippen molar-refractivity contribution in [1.82, 2.24) is 9.88 Å². The van der Waals surface area contributed by atoms with E-state index in [9.17, 15) is 0 Å². The molecule has 1 aliphatic rings. The van der Waals surface area contributed by atoms with E-state index in [0.717, 1.165) is 38.5 Å². The second kappa shape index (κ2) is 5.89. The van der Waals surface area contributed by atoms with Crippen LogP contribution in [0.5, 0.6) is 0 Å². The fourth-order valence-corrected chi connectivity index (χ4v) is 2.47. The topological polar surface area (TPSA) is 69.2 Å². The Morgan fingerprint density at radius 2 is 2.05 bits per heavy atom. The molecule has 0 unspecified atom stereocenters. The van der Waals surface area contributed by atoms with Crippen molar-refractivity contribution in [2.45, 2.75) is 13.8 Å². The average Bonchev–Trinajstić information content (AvgIpc) is 2.39. The monoisotopic (exact) mass is 259 g/mol. The number of piperazine rings is 1. The Bertz CT molecular complexity index is 469. The first-order valence-electron chi connectivity index (χ1n) is 6.73. The minimum Gasteiger partial charge on any atom is -0.395 e. The number of nitrogens with zero attached hydrogens (tertiary/aromatic N) is 4. The summed E-state index contributed by atoms with van der Waals surface area (Å²) in [5, 5.41) is 9.00. The molecule has 0 atom stereocenters. The lowest BCUT2D eigenvalue weighted by molar-refractivity contribution is 0.231. The van der Waals surface area contributed by atoms with Gasteiger partial charge in [0.25, 0.3) is 0 Å². The zero-order valence-corrected chi connectivity index (χ0v) is 11.6. The van der Waals surface area contributed by atoms with Crippen molar-refractivity contribution in [2.75, 3.05) is 43.4 Å². The van der Waals surface area contributed by atoms with Crippen LogP contribution in [-0.4, -0.2) is 42.6 Å². The first kappa shape index (κ1) is 13.6. The van der Waals surface area contributed by atoms with Crippen LogP contribution >= 0.6 is 0 Å². The smallest absolute Gasteiger partial charge is 0.153 e. The fourth-order valence-electron chi connectivity index (χ4n) is 2.47. The molecule has 0 amide bonds. The number of hydrogen-bond acceptors (Lipinski definition) is 5. The number of nitriles is 1. The first-order valence-corrected chi connectivity index (χ1v) is 6.73. The van der Waals surface area contributed by atoms with Gasteiger partial charge in [-0.3, -0.25) is 4.90 Å². The van der Waals surface area contributed by atoms with Gasteiger partial charge in [0.2, 0.25) is 0 Å². The Morgan fingerprint density at radius 3 is 2.63 bits per heavy atom. The van der Waals surface area contributed by atoms with Crippen molar-refractivity contribution in [3.8, 4) is 6.07 Å². The molecule has 2 heterocycles. The first-order chi connectivity index (χ1) is 9.11. The van der Waals surface area contributed by atoms with Crippen LogP contribution in [0.3, 0.4) is 0 Å². The van der Waals surface area contributed by atoms with Crippen molar-refractivity contribution in [2.24, 2.45) is 5.92 Å². The number of hydrogen-bond donors (Lipinski definition) is 1.